The number of ether oxygens (including phenoxy) is 1. The molecule has 1 aromatic carbocycles. The van der Waals surface area contributed by atoms with Gasteiger partial charge in [0, 0.05) is 18.1 Å². The Labute approximate surface area is 110 Å². The van der Waals surface area contributed by atoms with Crippen molar-refractivity contribution >= 4 is 17.6 Å². The second kappa shape index (κ2) is 5.67. The number of esters is 1. The first-order chi connectivity index (χ1) is 8.60. The second-order valence-corrected chi connectivity index (χ2v) is 4.89. The SMILES string of the molecule is COC(=O)C1CCN(Cc2cc(F)ccc2Cl)C1. The second-order valence-electron chi connectivity index (χ2n) is 4.48. The standard InChI is InChI=1S/C13H15ClFNO2/c1-18-13(17)9-4-5-16(7-9)8-10-6-11(15)2-3-12(10)14/h2-3,6,9H,4-5,7-8H2,1H3. The summed E-state index contributed by atoms with van der Waals surface area (Å²) >= 11 is 6.02. The number of hydrogen-bond donors (Lipinski definition) is 0. The van der Waals surface area contributed by atoms with Crippen LogP contribution in [0.2, 0.25) is 5.02 Å². The number of nitrogens with zero attached hydrogens (tertiary/aromatic N) is 1. The molecule has 18 heavy (non-hydrogen) atoms. The molecule has 1 unspecified atom stereocenters. The van der Waals surface area contributed by atoms with Crippen molar-refractivity contribution in [1.29, 1.82) is 0 Å². The Morgan fingerprint density at radius 1 is 1.61 bits per heavy atom. The molecule has 0 aromatic heterocycles. The van der Waals surface area contributed by atoms with E-state index in [1.807, 2.05) is 0 Å². The molecule has 0 spiro atoms. The van der Waals surface area contributed by atoms with Crippen LogP contribution in [0.3, 0.4) is 0 Å². The third-order valence-corrected chi connectivity index (χ3v) is 3.58. The van der Waals surface area contributed by atoms with Crippen molar-refractivity contribution in [2.45, 2.75) is 13.0 Å². The van der Waals surface area contributed by atoms with Gasteiger partial charge in [0.1, 0.15) is 5.82 Å². The minimum absolute atomic E-state index is 0.0812. The van der Waals surface area contributed by atoms with Gasteiger partial charge in [-0.25, -0.2) is 4.39 Å². The van der Waals surface area contributed by atoms with Gasteiger partial charge in [-0.3, -0.25) is 9.69 Å². The van der Waals surface area contributed by atoms with Gasteiger partial charge >= 0.3 is 5.97 Å². The molecule has 2 rings (SSSR count). The molecule has 0 aliphatic carbocycles. The molecule has 5 heteroatoms. The number of hydrogen-bond acceptors (Lipinski definition) is 3. The van der Waals surface area contributed by atoms with Gasteiger partial charge in [0.25, 0.3) is 0 Å². The predicted octanol–water partition coefficient (Wildman–Crippen LogP) is 2.47. The van der Waals surface area contributed by atoms with Crippen LogP contribution in [0.1, 0.15) is 12.0 Å². The van der Waals surface area contributed by atoms with Crippen LogP contribution in [0.15, 0.2) is 18.2 Å². The third kappa shape index (κ3) is 3.00. The van der Waals surface area contributed by atoms with E-state index in [4.69, 9.17) is 16.3 Å². The largest absolute Gasteiger partial charge is 0.469 e. The van der Waals surface area contributed by atoms with Gasteiger partial charge in [0.15, 0.2) is 0 Å². The number of carbonyl (C=O) groups is 1. The first kappa shape index (κ1) is 13.3. The quantitative estimate of drug-likeness (QED) is 0.791. The summed E-state index contributed by atoms with van der Waals surface area (Å²) in [5.41, 5.74) is 0.752. The zero-order valence-corrected chi connectivity index (χ0v) is 10.9. The van der Waals surface area contributed by atoms with Gasteiger partial charge in [0.2, 0.25) is 0 Å². The van der Waals surface area contributed by atoms with Crippen molar-refractivity contribution < 1.29 is 13.9 Å². The molecular weight excluding hydrogens is 257 g/mol. The van der Waals surface area contributed by atoms with Crippen LogP contribution in [0, 0.1) is 11.7 Å². The summed E-state index contributed by atoms with van der Waals surface area (Å²) in [4.78, 5) is 13.5. The lowest BCUT2D eigenvalue weighted by atomic mass is 10.1. The molecule has 0 amide bonds. The highest BCUT2D eigenvalue weighted by Gasteiger charge is 2.29. The molecule has 0 saturated carbocycles. The molecule has 98 valence electrons. The molecule has 1 aliphatic heterocycles. The highest BCUT2D eigenvalue weighted by atomic mass is 35.5. The van der Waals surface area contributed by atoms with Crippen molar-refractivity contribution in [2.75, 3.05) is 20.2 Å². The van der Waals surface area contributed by atoms with Gasteiger partial charge in [-0.05, 0) is 36.7 Å². The van der Waals surface area contributed by atoms with E-state index >= 15 is 0 Å². The van der Waals surface area contributed by atoms with E-state index in [1.165, 1.54) is 19.2 Å². The minimum atomic E-state index is -0.293. The molecule has 1 fully saturated rings. The van der Waals surface area contributed by atoms with Gasteiger partial charge in [0.05, 0.1) is 13.0 Å². The van der Waals surface area contributed by atoms with E-state index in [0.717, 1.165) is 18.5 Å². The van der Waals surface area contributed by atoms with Gasteiger partial charge in [-0.2, -0.15) is 0 Å². The molecule has 1 aliphatic rings. The van der Waals surface area contributed by atoms with Gasteiger partial charge < -0.3 is 4.74 Å². The summed E-state index contributed by atoms with van der Waals surface area (Å²) in [6.07, 6.45) is 0.777. The number of benzene rings is 1. The van der Waals surface area contributed by atoms with Crippen LogP contribution in [0.4, 0.5) is 4.39 Å². The highest BCUT2D eigenvalue weighted by molar-refractivity contribution is 6.31. The molecule has 0 bridgehead atoms. The number of rotatable bonds is 3. The molecule has 0 radical (unpaired) electrons. The lowest BCUT2D eigenvalue weighted by molar-refractivity contribution is -0.144. The monoisotopic (exact) mass is 271 g/mol. The van der Waals surface area contributed by atoms with E-state index in [9.17, 15) is 9.18 Å². The average molecular weight is 272 g/mol. The Morgan fingerprint density at radius 2 is 2.39 bits per heavy atom. The molecule has 1 atom stereocenters. The van der Waals surface area contributed by atoms with Crippen LogP contribution >= 0.6 is 11.6 Å². The van der Waals surface area contributed by atoms with Gasteiger partial charge in [-0.15, -0.1) is 0 Å². The lowest BCUT2D eigenvalue weighted by Gasteiger charge is -2.16. The molecule has 1 heterocycles. The Morgan fingerprint density at radius 3 is 3.11 bits per heavy atom. The van der Waals surface area contributed by atoms with E-state index in [0.29, 0.717) is 18.1 Å². The van der Waals surface area contributed by atoms with Crippen molar-refractivity contribution in [2.24, 2.45) is 5.92 Å². The maximum Gasteiger partial charge on any atom is 0.310 e. The van der Waals surface area contributed by atoms with E-state index < -0.39 is 0 Å². The number of likely N-dealkylation sites (tertiary alicyclic amines) is 1. The topological polar surface area (TPSA) is 29.5 Å². The van der Waals surface area contributed by atoms with Crippen molar-refractivity contribution in [3.63, 3.8) is 0 Å². The fraction of sp³-hybridized carbons (Fsp3) is 0.462. The van der Waals surface area contributed by atoms with Crippen LogP contribution in [0.25, 0.3) is 0 Å². The van der Waals surface area contributed by atoms with Crippen LogP contribution in [0.5, 0.6) is 0 Å². The fourth-order valence-electron chi connectivity index (χ4n) is 2.24. The summed E-state index contributed by atoms with van der Waals surface area (Å²) in [6.45, 7) is 2.00. The summed E-state index contributed by atoms with van der Waals surface area (Å²) in [6, 6.07) is 4.33. The fourth-order valence-corrected chi connectivity index (χ4v) is 2.42. The van der Waals surface area contributed by atoms with Gasteiger partial charge in [-0.1, -0.05) is 11.6 Å². The van der Waals surface area contributed by atoms with Crippen LogP contribution in [-0.4, -0.2) is 31.1 Å². The lowest BCUT2D eigenvalue weighted by Crippen LogP contribution is -2.23. The van der Waals surface area contributed by atoms with Crippen molar-refractivity contribution in [3.05, 3.63) is 34.6 Å². The average Bonchev–Trinajstić information content (AvgIpc) is 2.81. The molecule has 3 nitrogen and oxygen atoms in total. The highest BCUT2D eigenvalue weighted by Crippen LogP contribution is 2.23. The zero-order valence-electron chi connectivity index (χ0n) is 10.2. The van der Waals surface area contributed by atoms with Crippen LogP contribution < -0.4 is 0 Å². The maximum atomic E-state index is 13.1. The summed E-state index contributed by atoms with van der Waals surface area (Å²) in [7, 11) is 1.40. The van der Waals surface area contributed by atoms with E-state index in [-0.39, 0.29) is 17.7 Å². The maximum absolute atomic E-state index is 13.1. The normalized spacial score (nSPS) is 20.1. The summed E-state index contributed by atoms with van der Waals surface area (Å²) in [5, 5.41) is 0.554. The smallest absolute Gasteiger partial charge is 0.310 e. The number of halogens is 2. The number of methoxy groups -OCH3 is 1. The van der Waals surface area contributed by atoms with Crippen molar-refractivity contribution in [1.82, 2.24) is 4.90 Å². The molecule has 1 aromatic rings. The molecular formula is C13H15ClFNO2. The minimum Gasteiger partial charge on any atom is -0.469 e. The Bertz CT molecular complexity index is 453. The van der Waals surface area contributed by atoms with E-state index in [1.54, 1.807) is 6.07 Å². The predicted molar refractivity (Wildman–Crippen MR) is 66.8 cm³/mol. The first-order valence-corrected chi connectivity index (χ1v) is 6.22. The Hall–Kier alpha value is -1.13. The number of carbonyl (C=O) groups excluding carboxylic acids is 1. The van der Waals surface area contributed by atoms with Crippen molar-refractivity contribution in [3.8, 4) is 0 Å². The molecule has 1 saturated heterocycles. The first-order valence-electron chi connectivity index (χ1n) is 5.84. The Balaban J connectivity index is 1.99. The van der Waals surface area contributed by atoms with Crippen LogP contribution in [-0.2, 0) is 16.1 Å². The summed E-state index contributed by atoms with van der Waals surface area (Å²) in [5.74, 6) is -0.553. The van der Waals surface area contributed by atoms with E-state index in [2.05, 4.69) is 4.90 Å². The third-order valence-electron chi connectivity index (χ3n) is 3.21. The molecule has 0 N–H and O–H groups in total. The Kier molecular flexibility index (Phi) is 4.19. The summed E-state index contributed by atoms with van der Waals surface area (Å²) < 4.78 is 17.9. The zero-order chi connectivity index (χ0) is 13.1.